The molecule has 102 valence electrons. The van der Waals surface area contributed by atoms with Gasteiger partial charge < -0.3 is 19.9 Å². The van der Waals surface area contributed by atoms with Crippen molar-refractivity contribution >= 4 is 23.0 Å². The zero-order valence-corrected chi connectivity index (χ0v) is 11.5. The first-order chi connectivity index (χ1) is 8.65. The van der Waals surface area contributed by atoms with Crippen LogP contribution in [0.5, 0.6) is 0 Å². The van der Waals surface area contributed by atoms with E-state index in [1.165, 1.54) is 11.3 Å². The summed E-state index contributed by atoms with van der Waals surface area (Å²) in [5.74, 6) is -0.347. The van der Waals surface area contributed by atoms with E-state index in [0.29, 0.717) is 30.4 Å². The predicted octanol–water partition coefficient (Wildman–Crippen LogP) is 1.85. The number of anilines is 1. The summed E-state index contributed by atoms with van der Waals surface area (Å²) < 4.78 is 15.2. The number of rotatable bonds is 8. The summed E-state index contributed by atoms with van der Waals surface area (Å²) in [6, 6.07) is 1.64. The lowest BCUT2D eigenvalue weighted by molar-refractivity contribution is 0.0292. The zero-order chi connectivity index (χ0) is 13.4. The van der Waals surface area contributed by atoms with Gasteiger partial charge >= 0.3 is 5.97 Å². The molecule has 0 saturated carbocycles. The molecular formula is C12H19NO4S. The highest BCUT2D eigenvalue weighted by molar-refractivity contribution is 7.14. The lowest BCUT2D eigenvalue weighted by Gasteiger charge is -2.04. The molecule has 0 amide bonds. The smallest absolute Gasteiger partial charge is 0.348 e. The van der Waals surface area contributed by atoms with Crippen molar-refractivity contribution in [1.29, 1.82) is 0 Å². The molecule has 2 N–H and O–H groups in total. The van der Waals surface area contributed by atoms with E-state index in [9.17, 15) is 4.79 Å². The number of nitrogen functional groups attached to an aromatic ring is 1. The number of ether oxygens (including phenoxy) is 3. The summed E-state index contributed by atoms with van der Waals surface area (Å²) >= 11 is 1.34. The first-order valence-corrected chi connectivity index (χ1v) is 6.56. The number of esters is 1. The molecule has 0 atom stereocenters. The highest BCUT2D eigenvalue weighted by atomic mass is 32.1. The number of carbonyl (C=O) groups excluding carboxylic acids is 1. The van der Waals surface area contributed by atoms with Crippen LogP contribution >= 0.6 is 11.3 Å². The third-order valence-corrected chi connectivity index (χ3v) is 3.30. The molecule has 0 bridgehead atoms. The van der Waals surface area contributed by atoms with Gasteiger partial charge in [-0.25, -0.2) is 4.79 Å². The van der Waals surface area contributed by atoms with Gasteiger partial charge in [0.2, 0.25) is 0 Å². The van der Waals surface area contributed by atoms with Crippen molar-refractivity contribution in [2.24, 2.45) is 0 Å². The van der Waals surface area contributed by atoms with E-state index in [0.717, 1.165) is 11.3 Å². The standard InChI is InChI=1S/C12H19NO4S/c1-9-10(13)8-11(18-9)12(14)17-7-6-16-5-3-4-15-2/h8H,3-7,13H2,1-2H3. The highest BCUT2D eigenvalue weighted by Crippen LogP contribution is 2.23. The second-order valence-corrected chi connectivity index (χ2v) is 4.97. The lowest BCUT2D eigenvalue weighted by Crippen LogP contribution is -2.10. The van der Waals surface area contributed by atoms with Gasteiger partial charge in [-0.15, -0.1) is 11.3 Å². The van der Waals surface area contributed by atoms with Gasteiger partial charge in [-0.3, -0.25) is 0 Å². The molecule has 6 heteroatoms. The second kappa shape index (κ2) is 8.07. The largest absolute Gasteiger partial charge is 0.459 e. The maximum Gasteiger partial charge on any atom is 0.348 e. The number of methoxy groups -OCH3 is 1. The van der Waals surface area contributed by atoms with Crippen LogP contribution in [-0.4, -0.2) is 39.5 Å². The fourth-order valence-electron chi connectivity index (χ4n) is 1.27. The Labute approximate surface area is 111 Å². The van der Waals surface area contributed by atoms with Crippen molar-refractivity contribution in [2.45, 2.75) is 13.3 Å². The Bertz CT molecular complexity index is 359. The molecule has 0 aromatic carbocycles. The monoisotopic (exact) mass is 273 g/mol. The van der Waals surface area contributed by atoms with Crippen LogP contribution in [0.3, 0.4) is 0 Å². The van der Waals surface area contributed by atoms with Gasteiger partial charge in [0.05, 0.1) is 6.61 Å². The van der Waals surface area contributed by atoms with Gasteiger partial charge in [0, 0.05) is 30.9 Å². The molecule has 1 aromatic heterocycles. The van der Waals surface area contributed by atoms with E-state index in [1.807, 2.05) is 6.92 Å². The first-order valence-electron chi connectivity index (χ1n) is 5.75. The second-order valence-electron chi connectivity index (χ2n) is 3.72. The van der Waals surface area contributed by atoms with Crippen molar-refractivity contribution < 1.29 is 19.0 Å². The molecule has 1 rings (SSSR count). The number of carbonyl (C=O) groups is 1. The molecular weight excluding hydrogens is 254 g/mol. The Morgan fingerprint density at radius 3 is 2.72 bits per heavy atom. The van der Waals surface area contributed by atoms with Crippen LogP contribution in [-0.2, 0) is 14.2 Å². The quantitative estimate of drug-likeness (QED) is 0.578. The van der Waals surface area contributed by atoms with Crippen LogP contribution in [0, 0.1) is 6.92 Å². The van der Waals surface area contributed by atoms with Gasteiger partial charge in [0.25, 0.3) is 0 Å². The molecule has 5 nitrogen and oxygen atoms in total. The molecule has 18 heavy (non-hydrogen) atoms. The molecule has 1 heterocycles. The Morgan fingerprint density at radius 1 is 1.33 bits per heavy atom. The summed E-state index contributed by atoms with van der Waals surface area (Å²) in [6.45, 7) is 3.80. The zero-order valence-electron chi connectivity index (χ0n) is 10.7. The highest BCUT2D eigenvalue weighted by Gasteiger charge is 2.11. The average Bonchev–Trinajstić information content (AvgIpc) is 2.68. The van der Waals surface area contributed by atoms with Crippen molar-refractivity contribution in [1.82, 2.24) is 0 Å². The number of nitrogens with two attached hydrogens (primary N) is 1. The SMILES string of the molecule is COCCCOCCOC(=O)c1cc(N)c(C)s1. The minimum Gasteiger partial charge on any atom is -0.459 e. The van der Waals surface area contributed by atoms with Crippen molar-refractivity contribution in [3.05, 3.63) is 15.8 Å². The molecule has 1 aromatic rings. The number of aryl methyl sites for hydroxylation is 1. The van der Waals surface area contributed by atoms with Crippen molar-refractivity contribution in [3.8, 4) is 0 Å². The Morgan fingerprint density at radius 2 is 2.11 bits per heavy atom. The van der Waals surface area contributed by atoms with Crippen molar-refractivity contribution in [2.75, 3.05) is 39.3 Å². The van der Waals surface area contributed by atoms with E-state index in [4.69, 9.17) is 19.9 Å². The summed E-state index contributed by atoms with van der Waals surface area (Å²) in [6.07, 6.45) is 0.838. The fourth-order valence-corrected chi connectivity index (χ4v) is 2.10. The van der Waals surface area contributed by atoms with Gasteiger partial charge in [-0.1, -0.05) is 0 Å². The molecule has 0 radical (unpaired) electrons. The van der Waals surface area contributed by atoms with E-state index in [1.54, 1.807) is 13.2 Å². The van der Waals surface area contributed by atoms with Gasteiger partial charge in [-0.2, -0.15) is 0 Å². The molecule has 0 aliphatic carbocycles. The predicted molar refractivity (Wildman–Crippen MR) is 71.1 cm³/mol. The van der Waals surface area contributed by atoms with Crippen LogP contribution in [0.4, 0.5) is 5.69 Å². The molecule has 0 fully saturated rings. The average molecular weight is 273 g/mol. The molecule has 0 unspecified atom stereocenters. The number of hydrogen-bond donors (Lipinski definition) is 1. The summed E-state index contributed by atoms with van der Waals surface area (Å²) in [4.78, 5) is 13.1. The normalized spacial score (nSPS) is 10.6. The van der Waals surface area contributed by atoms with E-state index < -0.39 is 0 Å². The Balaban J connectivity index is 2.14. The minimum atomic E-state index is -0.347. The minimum absolute atomic E-state index is 0.253. The fraction of sp³-hybridized carbons (Fsp3) is 0.583. The van der Waals surface area contributed by atoms with Gasteiger partial charge in [-0.05, 0) is 19.4 Å². The number of thiophene rings is 1. The summed E-state index contributed by atoms with van der Waals surface area (Å²) in [5, 5.41) is 0. The molecule has 0 aliphatic heterocycles. The Hall–Kier alpha value is -1.11. The lowest BCUT2D eigenvalue weighted by atomic mass is 10.4. The third kappa shape index (κ3) is 5.03. The van der Waals surface area contributed by atoms with Crippen LogP contribution in [0.2, 0.25) is 0 Å². The maximum absolute atomic E-state index is 11.6. The first kappa shape index (κ1) is 14.9. The topological polar surface area (TPSA) is 70.8 Å². The molecule has 0 spiro atoms. The molecule has 0 aliphatic rings. The van der Waals surface area contributed by atoms with Gasteiger partial charge in [0.15, 0.2) is 0 Å². The summed E-state index contributed by atoms with van der Waals surface area (Å²) in [5.41, 5.74) is 6.29. The maximum atomic E-state index is 11.6. The van der Waals surface area contributed by atoms with Crippen LogP contribution < -0.4 is 5.73 Å². The van der Waals surface area contributed by atoms with Crippen LogP contribution in [0.1, 0.15) is 21.0 Å². The van der Waals surface area contributed by atoms with Crippen molar-refractivity contribution in [3.63, 3.8) is 0 Å². The number of hydrogen-bond acceptors (Lipinski definition) is 6. The van der Waals surface area contributed by atoms with Crippen LogP contribution in [0.25, 0.3) is 0 Å². The third-order valence-electron chi connectivity index (χ3n) is 2.26. The van der Waals surface area contributed by atoms with E-state index >= 15 is 0 Å². The van der Waals surface area contributed by atoms with Crippen LogP contribution in [0.15, 0.2) is 6.07 Å². The molecule has 0 saturated heterocycles. The van der Waals surface area contributed by atoms with E-state index in [-0.39, 0.29) is 12.6 Å². The van der Waals surface area contributed by atoms with E-state index in [2.05, 4.69) is 0 Å². The van der Waals surface area contributed by atoms with Gasteiger partial charge in [0.1, 0.15) is 11.5 Å². The Kier molecular flexibility index (Phi) is 6.70. The summed E-state index contributed by atoms with van der Waals surface area (Å²) in [7, 11) is 1.65.